The Hall–Kier alpha value is -0.566. The van der Waals surface area contributed by atoms with Crippen molar-refractivity contribution in [2.24, 2.45) is 51.5 Å². The Labute approximate surface area is 225 Å². The molecule has 0 bridgehead atoms. The SMILES string of the molecule is [CH2-]CN(C(=O)O/N=C(\C)[C@H]1CCC2[C@@H]3CCC4C[C@@H](C)CC[C@]4(C)C3CC[C@@]21C)C1CCC1.[CH3-].[Ni+2]. The van der Waals surface area contributed by atoms with Crippen molar-refractivity contribution >= 4 is 11.8 Å². The molecule has 5 rings (SSSR count). The summed E-state index contributed by atoms with van der Waals surface area (Å²) in [6, 6.07) is 0.299. The number of carbonyl (C=O) groups excluding carboxylic acids is 1. The molecule has 4 nitrogen and oxygen atoms in total. The summed E-state index contributed by atoms with van der Waals surface area (Å²) in [5.74, 6) is 4.95. The molecular formula is C30H50N2NiO2. The van der Waals surface area contributed by atoms with Crippen molar-refractivity contribution in [3.05, 3.63) is 14.4 Å². The van der Waals surface area contributed by atoms with Gasteiger partial charge in [-0.15, -0.1) is 6.54 Å². The van der Waals surface area contributed by atoms with E-state index < -0.39 is 0 Å². The molecule has 0 heterocycles. The van der Waals surface area contributed by atoms with E-state index >= 15 is 0 Å². The molecule has 8 atom stereocenters. The van der Waals surface area contributed by atoms with Gasteiger partial charge < -0.3 is 19.3 Å². The monoisotopic (exact) mass is 528 g/mol. The molecule has 5 fully saturated rings. The van der Waals surface area contributed by atoms with Crippen molar-refractivity contribution in [2.75, 3.05) is 6.54 Å². The molecule has 0 aromatic carbocycles. The summed E-state index contributed by atoms with van der Waals surface area (Å²) >= 11 is 0. The van der Waals surface area contributed by atoms with Gasteiger partial charge in [0, 0.05) is 12.0 Å². The Morgan fingerprint density at radius 2 is 1.69 bits per heavy atom. The third kappa shape index (κ3) is 4.86. The van der Waals surface area contributed by atoms with E-state index in [1.165, 1.54) is 64.2 Å². The maximum atomic E-state index is 12.6. The normalized spacial score (nSPS) is 42.8. The molecule has 0 radical (unpaired) electrons. The molecule has 5 aliphatic rings. The maximum Gasteiger partial charge on any atom is 2.00 e. The Morgan fingerprint density at radius 1 is 1.00 bits per heavy atom. The number of amides is 1. The van der Waals surface area contributed by atoms with E-state index in [-0.39, 0.29) is 30.0 Å². The van der Waals surface area contributed by atoms with Crippen molar-refractivity contribution < 1.29 is 26.1 Å². The van der Waals surface area contributed by atoms with Crippen LogP contribution in [0.4, 0.5) is 4.79 Å². The topological polar surface area (TPSA) is 41.9 Å². The van der Waals surface area contributed by atoms with Crippen LogP contribution in [0, 0.1) is 60.7 Å². The Kier molecular flexibility index (Phi) is 9.15. The maximum absolute atomic E-state index is 12.6. The van der Waals surface area contributed by atoms with E-state index in [2.05, 4.69) is 39.8 Å². The van der Waals surface area contributed by atoms with Crippen LogP contribution in [0.5, 0.6) is 0 Å². The van der Waals surface area contributed by atoms with Gasteiger partial charge in [0.15, 0.2) is 0 Å². The second-order valence-corrected chi connectivity index (χ2v) is 13.1. The molecular weight excluding hydrogens is 479 g/mol. The first-order valence-electron chi connectivity index (χ1n) is 14.1. The average molecular weight is 529 g/mol. The molecule has 35 heavy (non-hydrogen) atoms. The minimum Gasteiger partial charge on any atom is -0.358 e. The molecule has 0 N–H and O–H groups in total. The summed E-state index contributed by atoms with van der Waals surface area (Å²) in [4.78, 5) is 19.9. The second kappa shape index (κ2) is 11.0. The summed E-state index contributed by atoms with van der Waals surface area (Å²) in [7, 11) is 0. The van der Waals surface area contributed by atoms with E-state index in [1.54, 1.807) is 4.90 Å². The van der Waals surface area contributed by atoms with E-state index in [1.807, 2.05) is 0 Å². The first-order valence-corrected chi connectivity index (χ1v) is 14.1. The van der Waals surface area contributed by atoms with Gasteiger partial charge in [0.05, 0.1) is 5.71 Å². The van der Waals surface area contributed by atoms with Crippen molar-refractivity contribution in [1.29, 1.82) is 0 Å². The molecule has 5 saturated carbocycles. The predicted octanol–water partition coefficient (Wildman–Crippen LogP) is 7.93. The largest absolute Gasteiger partial charge is 2.00 e. The van der Waals surface area contributed by atoms with Gasteiger partial charge >= 0.3 is 22.6 Å². The minimum atomic E-state index is -0.310. The van der Waals surface area contributed by atoms with Crippen LogP contribution in [0.25, 0.3) is 0 Å². The van der Waals surface area contributed by atoms with Crippen molar-refractivity contribution in [3.8, 4) is 0 Å². The zero-order valence-corrected chi connectivity index (χ0v) is 24.0. The van der Waals surface area contributed by atoms with Crippen LogP contribution in [0.15, 0.2) is 5.16 Å². The zero-order valence-electron chi connectivity index (χ0n) is 23.0. The standard InChI is InChI=1S/C29H47N2O2.CH3.Ni/c1-6-31(22-8-7-9-22)27(32)33-30-20(3)24-12-13-25-23-11-10-21-18-19(2)14-16-28(21,4)26(23)15-17-29(24,25)5;;/h19,21-26H,1,6-18H2,2-5H3;1H3;/q2*-1;+2/b30-20+;;/t19-,21?,23-,24+,25?,26?,28-,29+;;/m0../s1. The molecule has 202 valence electrons. The Morgan fingerprint density at radius 3 is 2.34 bits per heavy atom. The summed E-state index contributed by atoms with van der Waals surface area (Å²) < 4.78 is 0. The number of fused-ring (bicyclic) bond motifs is 5. The van der Waals surface area contributed by atoms with E-state index in [9.17, 15) is 4.79 Å². The number of hydrogen-bond acceptors (Lipinski definition) is 3. The van der Waals surface area contributed by atoms with Crippen LogP contribution in [-0.2, 0) is 21.3 Å². The van der Waals surface area contributed by atoms with E-state index in [0.29, 0.717) is 29.3 Å². The molecule has 1 amide bonds. The van der Waals surface area contributed by atoms with Crippen LogP contribution >= 0.6 is 0 Å². The summed E-state index contributed by atoms with van der Waals surface area (Å²) in [5, 5.41) is 4.44. The molecule has 0 aliphatic heterocycles. The van der Waals surface area contributed by atoms with Gasteiger partial charge in [-0.05, 0) is 118 Å². The van der Waals surface area contributed by atoms with Crippen LogP contribution in [0.2, 0.25) is 0 Å². The van der Waals surface area contributed by atoms with Gasteiger partial charge in [-0.25, -0.2) is 4.79 Å². The minimum absolute atomic E-state index is 0. The van der Waals surface area contributed by atoms with Crippen molar-refractivity contribution in [1.82, 2.24) is 4.90 Å². The third-order valence-electron chi connectivity index (χ3n) is 11.7. The summed E-state index contributed by atoms with van der Waals surface area (Å²) in [6.45, 7) is 14.2. The second-order valence-electron chi connectivity index (χ2n) is 13.1. The molecule has 0 spiro atoms. The van der Waals surface area contributed by atoms with E-state index in [0.717, 1.165) is 48.1 Å². The summed E-state index contributed by atoms with van der Waals surface area (Å²) in [6.07, 6.45) is 15.5. The average Bonchev–Trinajstić information content (AvgIpc) is 3.12. The van der Waals surface area contributed by atoms with Gasteiger partial charge in [0.1, 0.15) is 0 Å². The van der Waals surface area contributed by atoms with Crippen LogP contribution < -0.4 is 0 Å². The van der Waals surface area contributed by atoms with Gasteiger partial charge in [-0.1, -0.05) is 32.3 Å². The third-order valence-corrected chi connectivity index (χ3v) is 11.7. The van der Waals surface area contributed by atoms with Crippen LogP contribution in [-0.4, -0.2) is 29.3 Å². The number of carbonyl (C=O) groups is 1. The van der Waals surface area contributed by atoms with Crippen LogP contribution in [0.3, 0.4) is 0 Å². The fourth-order valence-corrected chi connectivity index (χ4v) is 9.51. The van der Waals surface area contributed by atoms with Gasteiger partial charge in [-0.2, -0.15) is 0 Å². The van der Waals surface area contributed by atoms with Crippen LogP contribution in [0.1, 0.15) is 105 Å². The molecule has 0 aromatic rings. The number of hydrogen-bond donors (Lipinski definition) is 0. The fraction of sp³-hybridized carbons (Fsp3) is 0.867. The Bertz CT molecular complexity index is 782. The van der Waals surface area contributed by atoms with E-state index in [4.69, 9.17) is 4.84 Å². The van der Waals surface area contributed by atoms with Gasteiger partial charge in [0.2, 0.25) is 0 Å². The number of rotatable bonds is 4. The molecule has 0 saturated heterocycles. The fourth-order valence-electron chi connectivity index (χ4n) is 9.51. The Balaban J connectivity index is 0.00000171. The number of nitrogens with zero attached hydrogens (tertiary/aromatic N) is 2. The van der Waals surface area contributed by atoms with Gasteiger partial charge in [-0.3, -0.25) is 4.84 Å². The first-order chi connectivity index (χ1) is 15.8. The first kappa shape index (κ1) is 29.0. The zero-order chi connectivity index (χ0) is 23.4. The van der Waals surface area contributed by atoms with Crippen molar-refractivity contribution in [2.45, 2.75) is 111 Å². The van der Waals surface area contributed by atoms with Gasteiger partial charge in [0.25, 0.3) is 0 Å². The molecule has 5 heteroatoms. The molecule has 3 unspecified atom stereocenters. The smallest absolute Gasteiger partial charge is 0.358 e. The predicted molar refractivity (Wildman–Crippen MR) is 140 cm³/mol. The molecule has 5 aliphatic carbocycles. The quantitative estimate of drug-likeness (QED) is 0.122. The number of oxime groups is 1. The molecule has 0 aromatic heterocycles. The van der Waals surface area contributed by atoms with Crippen molar-refractivity contribution in [3.63, 3.8) is 0 Å². The summed E-state index contributed by atoms with van der Waals surface area (Å²) in [5.41, 5.74) is 1.93.